The van der Waals surface area contributed by atoms with E-state index in [9.17, 15) is 9.59 Å². The van der Waals surface area contributed by atoms with Crippen LogP contribution in [0.3, 0.4) is 0 Å². The maximum atomic E-state index is 12.6. The van der Waals surface area contributed by atoms with Crippen LogP contribution in [0.2, 0.25) is 0 Å². The monoisotopic (exact) mass is 399 g/mol. The average molecular weight is 399 g/mol. The third-order valence-electron chi connectivity index (χ3n) is 5.29. The zero-order valence-corrected chi connectivity index (χ0v) is 17.0. The molecular weight excluding hydrogens is 370 g/mol. The minimum Gasteiger partial charge on any atom is -0.497 e. The summed E-state index contributed by atoms with van der Waals surface area (Å²) in [7, 11) is 1.65. The van der Waals surface area contributed by atoms with Gasteiger partial charge in [-0.1, -0.05) is 18.6 Å². The first kappa shape index (κ1) is 20.9. The molecular formula is C22H29N3O4. The van der Waals surface area contributed by atoms with Crippen LogP contribution >= 0.6 is 0 Å². The van der Waals surface area contributed by atoms with Gasteiger partial charge in [0, 0.05) is 6.54 Å². The summed E-state index contributed by atoms with van der Waals surface area (Å²) >= 11 is 0. The Morgan fingerprint density at radius 2 is 1.86 bits per heavy atom. The van der Waals surface area contributed by atoms with Gasteiger partial charge in [0.25, 0.3) is 5.91 Å². The second kappa shape index (κ2) is 10.1. The molecule has 1 aromatic carbocycles. The Balaban J connectivity index is 1.62. The molecule has 0 spiro atoms. The minimum absolute atomic E-state index is 0.0816. The van der Waals surface area contributed by atoms with Gasteiger partial charge < -0.3 is 19.8 Å². The Hall–Kier alpha value is -2.80. The van der Waals surface area contributed by atoms with Gasteiger partial charge in [-0.05, 0) is 62.7 Å². The molecule has 2 aromatic rings. The highest BCUT2D eigenvalue weighted by Gasteiger charge is 2.24. The molecule has 2 N–H and O–H groups in total. The number of hydrogen-bond donors (Lipinski definition) is 2. The van der Waals surface area contributed by atoms with Gasteiger partial charge in [-0.3, -0.25) is 14.5 Å². The number of benzene rings is 1. The van der Waals surface area contributed by atoms with Crippen molar-refractivity contribution < 1.29 is 18.7 Å². The smallest absolute Gasteiger partial charge is 0.287 e. The summed E-state index contributed by atoms with van der Waals surface area (Å²) in [5.74, 6) is 0.374. The van der Waals surface area contributed by atoms with Crippen molar-refractivity contribution in [2.45, 2.75) is 38.3 Å². The number of nitrogens with one attached hydrogen (secondary N) is 2. The number of carbonyl (C=O) groups is 2. The van der Waals surface area contributed by atoms with Crippen molar-refractivity contribution in [1.29, 1.82) is 0 Å². The van der Waals surface area contributed by atoms with Crippen molar-refractivity contribution in [2.75, 3.05) is 26.7 Å². The van der Waals surface area contributed by atoms with E-state index in [4.69, 9.17) is 9.15 Å². The zero-order valence-electron chi connectivity index (χ0n) is 17.0. The number of carbonyl (C=O) groups excluding carboxylic acids is 2. The summed E-state index contributed by atoms with van der Waals surface area (Å²) in [6, 6.07) is 10.6. The normalized spacial score (nSPS) is 16.6. The molecule has 0 saturated carbocycles. The second-order valence-corrected chi connectivity index (χ2v) is 7.30. The average Bonchev–Trinajstić information content (AvgIpc) is 3.30. The van der Waals surface area contributed by atoms with Crippen LogP contribution in [0.5, 0.6) is 5.75 Å². The van der Waals surface area contributed by atoms with E-state index in [0.29, 0.717) is 6.54 Å². The van der Waals surface area contributed by atoms with Gasteiger partial charge in [-0.25, -0.2) is 0 Å². The van der Waals surface area contributed by atoms with Gasteiger partial charge in [0.2, 0.25) is 5.91 Å². The van der Waals surface area contributed by atoms with Crippen molar-refractivity contribution >= 4 is 11.8 Å². The van der Waals surface area contributed by atoms with Gasteiger partial charge in [-0.15, -0.1) is 0 Å². The highest BCUT2D eigenvalue weighted by molar-refractivity contribution is 5.95. The highest BCUT2D eigenvalue weighted by atomic mass is 16.5. The molecule has 3 rings (SSSR count). The summed E-state index contributed by atoms with van der Waals surface area (Å²) in [5, 5.41) is 5.67. The first-order valence-corrected chi connectivity index (χ1v) is 10.1. The van der Waals surface area contributed by atoms with E-state index in [1.165, 1.54) is 12.7 Å². The number of methoxy groups -OCH3 is 1. The summed E-state index contributed by atoms with van der Waals surface area (Å²) in [6.45, 7) is 4.17. The zero-order chi connectivity index (χ0) is 20.6. The molecule has 156 valence electrons. The van der Waals surface area contributed by atoms with Gasteiger partial charge >= 0.3 is 0 Å². The van der Waals surface area contributed by atoms with Crippen LogP contribution in [0, 0.1) is 0 Å². The number of hydrogen-bond acceptors (Lipinski definition) is 5. The van der Waals surface area contributed by atoms with E-state index in [2.05, 4.69) is 15.5 Å². The fourth-order valence-electron chi connectivity index (χ4n) is 3.61. The van der Waals surface area contributed by atoms with E-state index >= 15 is 0 Å². The van der Waals surface area contributed by atoms with Crippen LogP contribution in [0.4, 0.5) is 0 Å². The van der Waals surface area contributed by atoms with Crippen LogP contribution in [0.1, 0.15) is 48.3 Å². The lowest BCUT2D eigenvalue weighted by atomic mass is 10.0. The van der Waals surface area contributed by atoms with Crippen LogP contribution in [0.25, 0.3) is 0 Å². The van der Waals surface area contributed by atoms with E-state index in [-0.39, 0.29) is 17.7 Å². The van der Waals surface area contributed by atoms with Crippen molar-refractivity contribution in [3.8, 4) is 5.75 Å². The fourth-order valence-corrected chi connectivity index (χ4v) is 3.61. The minimum atomic E-state index is -0.662. The molecule has 7 nitrogen and oxygen atoms in total. The van der Waals surface area contributed by atoms with E-state index in [1.807, 2.05) is 24.3 Å². The first-order chi connectivity index (χ1) is 14.1. The Morgan fingerprint density at radius 1 is 1.14 bits per heavy atom. The maximum absolute atomic E-state index is 12.6. The molecule has 1 saturated heterocycles. The van der Waals surface area contributed by atoms with Crippen LogP contribution < -0.4 is 15.4 Å². The number of piperidine rings is 1. The number of rotatable bonds is 8. The molecule has 0 aliphatic carbocycles. The number of furan rings is 1. The quantitative estimate of drug-likeness (QED) is 0.713. The molecule has 1 aromatic heterocycles. The Kier molecular flexibility index (Phi) is 7.30. The SMILES string of the molecule is COc1ccc([C@H](CNC(=O)[C@H](C)NC(=O)c2ccco2)N2CCCCC2)cc1. The summed E-state index contributed by atoms with van der Waals surface area (Å²) in [5.41, 5.74) is 1.14. The second-order valence-electron chi connectivity index (χ2n) is 7.30. The number of ether oxygens (including phenoxy) is 1. The van der Waals surface area contributed by atoms with Crippen molar-refractivity contribution in [3.63, 3.8) is 0 Å². The van der Waals surface area contributed by atoms with E-state index < -0.39 is 11.9 Å². The van der Waals surface area contributed by atoms with Crippen molar-refractivity contribution in [1.82, 2.24) is 15.5 Å². The largest absolute Gasteiger partial charge is 0.497 e. The van der Waals surface area contributed by atoms with Crippen LogP contribution in [-0.4, -0.2) is 49.5 Å². The molecule has 1 aliphatic rings. The number of likely N-dealkylation sites (tertiary alicyclic amines) is 1. The molecule has 0 bridgehead atoms. The first-order valence-electron chi connectivity index (χ1n) is 10.1. The van der Waals surface area contributed by atoms with Gasteiger partial charge in [0.15, 0.2) is 5.76 Å². The number of amides is 2. The van der Waals surface area contributed by atoms with Gasteiger partial charge in [-0.2, -0.15) is 0 Å². The van der Waals surface area contributed by atoms with Crippen molar-refractivity contribution in [2.24, 2.45) is 0 Å². The lowest BCUT2D eigenvalue weighted by molar-refractivity contribution is -0.122. The predicted octanol–water partition coefficient (Wildman–Crippen LogP) is 2.75. The molecule has 2 heterocycles. The lowest BCUT2D eigenvalue weighted by Gasteiger charge is -2.35. The number of nitrogens with zero attached hydrogens (tertiary/aromatic N) is 1. The summed E-state index contributed by atoms with van der Waals surface area (Å²) in [6.07, 6.45) is 5.00. The summed E-state index contributed by atoms with van der Waals surface area (Å²) < 4.78 is 10.3. The van der Waals surface area contributed by atoms with Crippen LogP contribution in [-0.2, 0) is 4.79 Å². The lowest BCUT2D eigenvalue weighted by Crippen LogP contribution is -2.47. The Bertz CT molecular complexity index is 783. The maximum Gasteiger partial charge on any atom is 0.287 e. The Morgan fingerprint density at radius 3 is 2.48 bits per heavy atom. The third-order valence-corrected chi connectivity index (χ3v) is 5.29. The van der Waals surface area contributed by atoms with Gasteiger partial charge in [0.1, 0.15) is 11.8 Å². The molecule has 29 heavy (non-hydrogen) atoms. The molecule has 2 atom stereocenters. The predicted molar refractivity (Wildman–Crippen MR) is 110 cm³/mol. The Labute approximate surface area is 171 Å². The van der Waals surface area contributed by atoms with Crippen molar-refractivity contribution in [3.05, 3.63) is 54.0 Å². The molecule has 7 heteroatoms. The highest BCUT2D eigenvalue weighted by Crippen LogP contribution is 2.25. The molecule has 1 aliphatic heterocycles. The molecule has 0 unspecified atom stereocenters. The van der Waals surface area contributed by atoms with Crippen LogP contribution in [0.15, 0.2) is 47.1 Å². The topological polar surface area (TPSA) is 83.8 Å². The third kappa shape index (κ3) is 5.60. The van der Waals surface area contributed by atoms with E-state index in [0.717, 1.165) is 37.2 Å². The molecule has 1 fully saturated rings. The molecule has 2 amide bonds. The van der Waals surface area contributed by atoms with E-state index in [1.54, 1.807) is 26.2 Å². The fraction of sp³-hybridized carbons (Fsp3) is 0.455. The molecule has 0 radical (unpaired) electrons. The summed E-state index contributed by atoms with van der Waals surface area (Å²) in [4.78, 5) is 27.1. The van der Waals surface area contributed by atoms with Gasteiger partial charge in [0.05, 0.1) is 19.4 Å². The standard InChI is InChI=1S/C22H29N3O4/c1-16(24-22(27)20-7-6-14-29-20)21(26)23-15-19(25-12-4-3-5-13-25)17-8-10-18(28-2)11-9-17/h6-11,14,16,19H,3-5,12-13,15H2,1-2H3,(H,23,26)(H,24,27)/t16-,19-/m0/s1.